The average Bonchev–Trinajstić information content (AvgIpc) is 2.84. The molecular weight excluding hydrogens is 438 g/mol. The molecule has 3 aromatic heterocycles. The second-order valence-corrected chi connectivity index (χ2v) is 9.11. The second kappa shape index (κ2) is 11.0. The van der Waals surface area contributed by atoms with E-state index in [0.717, 1.165) is 36.8 Å². The van der Waals surface area contributed by atoms with Crippen LogP contribution in [-0.4, -0.2) is 31.8 Å². The topological polar surface area (TPSA) is 91.2 Å². The molecule has 3 aromatic rings. The third-order valence-electron chi connectivity index (χ3n) is 6.47. The first-order valence-corrected chi connectivity index (χ1v) is 11.7. The molecule has 1 saturated carbocycles. The smallest absolute Gasteiger partial charge is 0.264 e. The lowest BCUT2D eigenvalue weighted by Crippen LogP contribution is -2.19. The van der Waals surface area contributed by atoms with Crippen LogP contribution in [0.15, 0.2) is 48.8 Å². The number of alkyl halides is 2. The molecule has 1 aliphatic carbocycles. The van der Waals surface area contributed by atoms with Gasteiger partial charge < -0.3 is 15.5 Å². The third-order valence-corrected chi connectivity index (χ3v) is 6.47. The molecule has 180 valence electrons. The van der Waals surface area contributed by atoms with E-state index in [2.05, 4.69) is 20.3 Å². The van der Waals surface area contributed by atoms with Gasteiger partial charge in [0.2, 0.25) is 0 Å². The van der Waals surface area contributed by atoms with Gasteiger partial charge in [0.05, 0.1) is 17.5 Å². The Morgan fingerprint density at radius 2 is 1.76 bits per heavy atom. The van der Waals surface area contributed by atoms with Crippen molar-refractivity contribution in [1.29, 1.82) is 0 Å². The molecule has 0 amide bonds. The standard InChI is InChI=1S/C26H30F2N4O2/c1-16-10-22(31-25(11-16)32-24-13-19(26(27)28)8-9-29-24)20-6-7-21(30-14-20)23(34)12-17-2-4-18(15-33)5-3-17/h6-11,13-14,17-18,23,26,33-34H,2-5,12,15H2,1H3,(H,29,31,32). The van der Waals surface area contributed by atoms with Crippen molar-refractivity contribution in [2.24, 2.45) is 11.8 Å². The zero-order valence-electron chi connectivity index (χ0n) is 19.2. The van der Waals surface area contributed by atoms with Crippen molar-refractivity contribution in [2.45, 2.75) is 51.6 Å². The first-order valence-electron chi connectivity index (χ1n) is 11.7. The number of aliphatic hydroxyl groups is 2. The van der Waals surface area contributed by atoms with Gasteiger partial charge in [-0.1, -0.05) is 0 Å². The van der Waals surface area contributed by atoms with E-state index in [1.807, 2.05) is 31.2 Å². The Labute approximate surface area is 198 Å². The van der Waals surface area contributed by atoms with Crippen molar-refractivity contribution in [3.63, 3.8) is 0 Å². The lowest BCUT2D eigenvalue weighted by molar-refractivity contribution is 0.107. The molecule has 1 unspecified atom stereocenters. The molecule has 6 nitrogen and oxygen atoms in total. The van der Waals surface area contributed by atoms with E-state index in [-0.39, 0.29) is 12.2 Å². The molecule has 1 atom stereocenters. The zero-order valence-corrected chi connectivity index (χ0v) is 19.2. The summed E-state index contributed by atoms with van der Waals surface area (Å²) in [7, 11) is 0. The fourth-order valence-corrected chi connectivity index (χ4v) is 4.50. The van der Waals surface area contributed by atoms with Gasteiger partial charge in [0.15, 0.2) is 0 Å². The number of anilines is 2. The van der Waals surface area contributed by atoms with Crippen LogP contribution in [-0.2, 0) is 0 Å². The lowest BCUT2D eigenvalue weighted by Gasteiger charge is -2.28. The molecule has 0 aliphatic heterocycles. The number of hydrogen-bond donors (Lipinski definition) is 3. The first-order chi connectivity index (χ1) is 16.4. The van der Waals surface area contributed by atoms with Gasteiger partial charge in [-0.25, -0.2) is 18.7 Å². The van der Waals surface area contributed by atoms with Crippen LogP contribution >= 0.6 is 0 Å². The Balaban J connectivity index is 1.44. The molecule has 3 heterocycles. The number of aliphatic hydroxyl groups excluding tert-OH is 2. The Bertz CT molecular complexity index is 1090. The number of rotatable bonds is 8. The fraction of sp³-hybridized carbons (Fsp3) is 0.423. The number of pyridine rings is 3. The van der Waals surface area contributed by atoms with E-state index in [1.54, 1.807) is 6.20 Å². The number of aromatic nitrogens is 3. The molecule has 0 spiro atoms. The van der Waals surface area contributed by atoms with Crippen molar-refractivity contribution in [3.05, 3.63) is 65.6 Å². The summed E-state index contributed by atoms with van der Waals surface area (Å²) in [5, 5.41) is 23.0. The minimum absolute atomic E-state index is 0.106. The fourth-order valence-electron chi connectivity index (χ4n) is 4.50. The quantitative estimate of drug-likeness (QED) is 0.390. The maximum atomic E-state index is 13.0. The van der Waals surface area contributed by atoms with Crippen molar-refractivity contribution >= 4 is 11.6 Å². The third kappa shape index (κ3) is 6.12. The van der Waals surface area contributed by atoms with Crippen molar-refractivity contribution in [2.75, 3.05) is 11.9 Å². The van der Waals surface area contributed by atoms with Gasteiger partial charge in [0.25, 0.3) is 6.43 Å². The van der Waals surface area contributed by atoms with E-state index in [4.69, 9.17) is 0 Å². The van der Waals surface area contributed by atoms with Crippen LogP contribution in [0.1, 0.15) is 61.5 Å². The Kier molecular flexibility index (Phi) is 7.80. The van der Waals surface area contributed by atoms with Crippen LogP contribution < -0.4 is 5.32 Å². The van der Waals surface area contributed by atoms with Crippen molar-refractivity contribution < 1.29 is 19.0 Å². The summed E-state index contributed by atoms with van der Waals surface area (Å²) < 4.78 is 26.0. The van der Waals surface area contributed by atoms with Crippen LogP contribution in [0.25, 0.3) is 11.3 Å². The van der Waals surface area contributed by atoms with E-state index in [1.165, 1.54) is 18.3 Å². The summed E-state index contributed by atoms with van der Waals surface area (Å²) in [6, 6.07) is 10.0. The van der Waals surface area contributed by atoms with Gasteiger partial charge in [0, 0.05) is 30.1 Å². The minimum atomic E-state index is -2.57. The molecule has 3 N–H and O–H groups in total. The maximum absolute atomic E-state index is 13.0. The van der Waals surface area contributed by atoms with Crippen LogP contribution in [0.3, 0.4) is 0 Å². The molecule has 0 aromatic carbocycles. The predicted molar refractivity (Wildman–Crippen MR) is 127 cm³/mol. The zero-order chi connectivity index (χ0) is 24.1. The highest BCUT2D eigenvalue weighted by molar-refractivity contribution is 5.64. The highest BCUT2D eigenvalue weighted by Gasteiger charge is 2.23. The summed E-state index contributed by atoms with van der Waals surface area (Å²) in [6.45, 7) is 2.18. The van der Waals surface area contributed by atoms with Gasteiger partial charge in [-0.3, -0.25) is 4.98 Å². The normalized spacial score (nSPS) is 19.2. The summed E-state index contributed by atoms with van der Waals surface area (Å²) >= 11 is 0. The summed E-state index contributed by atoms with van der Waals surface area (Å²) in [4.78, 5) is 13.2. The number of nitrogens with zero attached hydrogens (tertiary/aromatic N) is 3. The van der Waals surface area contributed by atoms with E-state index < -0.39 is 12.5 Å². The highest BCUT2D eigenvalue weighted by Crippen LogP contribution is 2.34. The van der Waals surface area contributed by atoms with Gasteiger partial charge >= 0.3 is 0 Å². The Morgan fingerprint density at radius 1 is 1.00 bits per heavy atom. The number of hydrogen-bond acceptors (Lipinski definition) is 6. The molecule has 34 heavy (non-hydrogen) atoms. The Hall–Kier alpha value is -2.97. The van der Waals surface area contributed by atoms with Crippen LogP contribution in [0, 0.1) is 18.8 Å². The van der Waals surface area contributed by atoms with Gasteiger partial charge in [-0.2, -0.15) is 0 Å². The van der Waals surface area contributed by atoms with Crippen LogP contribution in [0.5, 0.6) is 0 Å². The van der Waals surface area contributed by atoms with E-state index in [0.29, 0.717) is 41.3 Å². The second-order valence-electron chi connectivity index (χ2n) is 9.11. The van der Waals surface area contributed by atoms with Crippen molar-refractivity contribution in [3.8, 4) is 11.3 Å². The lowest BCUT2D eigenvalue weighted by atomic mass is 9.79. The number of aryl methyl sites for hydroxylation is 1. The molecule has 1 aliphatic rings. The highest BCUT2D eigenvalue weighted by atomic mass is 19.3. The monoisotopic (exact) mass is 468 g/mol. The number of halogens is 2. The SMILES string of the molecule is Cc1cc(Nc2cc(C(F)F)ccn2)nc(-c2ccc(C(O)CC3CCC(CO)CC3)nc2)c1. The minimum Gasteiger partial charge on any atom is -0.396 e. The van der Waals surface area contributed by atoms with Crippen molar-refractivity contribution in [1.82, 2.24) is 15.0 Å². The molecule has 8 heteroatoms. The van der Waals surface area contributed by atoms with Gasteiger partial charge in [-0.05, 0) is 92.8 Å². The molecule has 0 saturated heterocycles. The van der Waals surface area contributed by atoms with Gasteiger partial charge in [-0.15, -0.1) is 0 Å². The number of nitrogens with one attached hydrogen (secondary N) is 1. The van der Waals surface area contributed by atoms with Crippen LogP contribution in [0.2, 0.25) is 0 Å². The summed E-state index contributed by atoms with van der Waals surface area (Å²) in [6.07, 6.45) is 4.59. The molecule has 0 bridgehead atoms. The Morgan fingerprint density at radius 3 is 2.44 bits per heavy atom. The van der Waals surface area contributed by atoms with Crippen LogP contribution in [0.4, 0.5) is 20.4 Å². The average molecular weight is 469 g/mol. The van der Waals surface area contributed by atoms with Gasteiger partial charge in [0.1, 0.15) is 11.6 Å². The summed E-state index contributed by atoms with van der Waals surface area (Å²) in [5.41, 5.74) is 2.95. The van der Waals surface area contributed by atoms with E-state index >= 15 is 0 Å². The molecular formula is C26H30F2N4O2. The molecule has 4 rings (SSSR count). The molecule has 1 fully saturated rings. The maximum Gasteiger partial charge on any atom is 0.264 e. The largest absolute Gasteiger partial charge is 0.396 e. The molecule has 0 radical (unpaired) electrons. The summed E-state index contributed by atoms with van der Waals surface area (Å²) in [5.74, 6) is 1.64. The first kappa shape index (κ1) is 24.2. The predicted octanol–water partition coefficient (Wildman–Crippen LogP) is 5.75. The van der Waals surface area contributed by atoms with E-state index in [9.17, 15) is 19.0 Å².